The highest BCUT2D eigenvalue weighted by molar-refractivity contribution is 5.87. The van der Waals surface area contributed by atoms with Gasteiger partial charge in [-0.05, 0) is 34.5 Å². The Morgan fingerprint density at radius 1 is 0.800 bits per heavy atom. The van der Waals surface area contributed by atoms with Crippen molar-refractivity contribution in [3.8, 4) is 11.1 Å². The second kappa shape index (κ2) is 4.67. The first-order chi connectivity index (χ1) is 9.55. The molecule has 20 heavy (non-hydrogen) atoms. The molecule has 0 nitrogen and oxygen atoms in total. The molecule has 0 saturated heterocycles. The highest BCUT2D eigenvalue weighted by Gasteiger charge is 2.33. The Kier molecular flexibility index (Phi) is 2.97. The van der Waals surface area contributed by atoms with Crippen LogP contribution in [0, 0.1) is 6.07 Å². The van der Waals surface area contributed by atoms with Crippen LogP contribution in [0.5, 0.6) is 0 Å². The van der Waals surface area contributed by atoms with E-state index < -0.39 is 11.7 Å². The lowest BCUT2D eigenvalue weighted by atomic mass is 9.97. The van der Waals surface area contributed by atoms with Crippen LogP contribution in [-0.4, -0.2) is 0 Å². The van der Waals surface area contributed by atoms with Crippen LogP contribution >= 0.6 is 0 Å². The van der Waals surface area contributed by atoms with Crippen molar-refractivity contribution in [1.29, 1.82) is 0 Å². The van der Waals surface area contributed by atoms with Gasteiger partial charge in [0.2, 0.25) is 0 Å². The molecule has 0 aliphatic carbocycles. The molecule has 0 fully saturated rings. The van der Waals surface area contributed by atoms with Crippen LogP contribution in [-0.2, 0) is 6.18 Å². The molecule has 0 N–H and O–H groups in total. The zero-order valence-corrected chi connectivity index (χ0v) is 10.4. The van der Waals surface area contributed by atoms with Crippen LogP contribution in [0.2, 0.25) is 0 Å². The highest BCUT2D eigenvalue weighted by atomic mass is 19.4. The topological polar surface area (TPSA) is 0 Å². The molecule has 0 bridgehead atoms. The summed E-state index contributed by atoms with van der Waals surface area (Å²) >= 11 is 0. The van der Waals surface area contributed by atoms with Crippen LogP contribution in [0.25, 0.3) is 21.9 Å². The molecule has 1 radical (unpaired) electrons. The fraction of sp³-hybridized carbons (Fsp3) is 0.0588. The molecule has 0 amide bonds. The van der Waals surface area contributed by atoms with Crippen molar-refractivity contribution in [2.75, 3.05) is 0 Å². The van der Waals surface area contributed by atoms with Gasteiger partial charge in [-0.25, -0.2) is 0 Å². The number of hydrogen-bond acceptors (Lipinski definition) is 0. The monoisotopic (exact) mass is 271 g/mol. The summed E-state index contributed by atoms with van der Waals surface area (Å²) in [6, 6.07) is 19.5. The van der Waals surface area contributed by atoms with Crippen molar-refractivity contribution in [3.63, 3.8) is 0 Å². The lowest BCUT2D eigenvalue weighted by Crippen LogP contribution is -2.06. The smallest absolute Gasteiger partial charge is 0.166 e. The number of benzene rings is 3. The average Bonchev–Trinajstić information content (AvgIpc) is 2.46. The normalized spacial score (nSPS) is 11.8. The van der Waals surface area contributed by atoms with Gasteiger partial charge in [-0.15, -0.1) is 0 Å². The number of fused-ring (bicyclic) bond motifs is 1. The highest BCUT2D eigenvalue weighted by Crippen LogP contribution is 2.37. The number of alkyl halides is 3. The molecule has 0 aliphatic heterocycles. The summed E-state index contributed by atoms with van der Waals surface area (Å²) in [5, 5.41) is 1.91. The first-order valence-corrected chi connectivity index (χ1v) is 6.13. The first kappa shape index (κ1) is 12.7. The van der Waals surface area contributed by atoms with E-state index in [4.69, 9.17) is 0 Å². The molecule has 0 unspecified atom stereocenters. The van der Waals surface area contributed by atoms with Gasteiger partial charge in [-0.1, -0.05) is 48.5 Å². The molecule has 3 aromatic carbocycles. The van der Waals surface area contributed by atoms with Gasteiger partial charge in [0.25, 0.3) is 0 Å². The Morgan fingerprint density at radius 3 is 2.30 bits per heavy atom. The Morgan fingerprint density at radius 2 is 1.55 bits per heavy atom. The molecule has 0 spiro atoms. The molecule has 3 heteroatoms. The lowest BCUT2D eigenvalue weighted by Gasteiger charge is -2.12. The second-order valence-electron chi connectivity index (χ2n) is 4.52. The van der Waals surface area contributed by atoms with E-state index >= 15 is 0 Å². The van der Waals surface area contributed by atoms with Gasteiger partial charge in [-0.2, -0.15) is 13.2 Å². The maximum absolute atomic E-state index is 13.0. The fourth-order valence-corrected chi connectivity index (χ4v) is 2.26. The summed E-state index contributed by atoms with van der Waals surface area (Å²) in [4.78, 5) is 0. The minimum Gasteiger partial charge on any atom is -0.166 e. The van der Waals surface area contributed by atoms with Crippen LogP contribution < -0.4 is 0 Å². The predicted octanol–water partition coefficient (Wildman–Crippen LogP) is 5.33. The third-order valence-electron chi connectivity index (χ3n) is 3.20. The summed E-state index contributed by atoms with van der Waals surface area (Å²) in [5.41, 5.74) is -0.0438. The zero-order valence-electron chi connectivity index (χ0n) is 10.4. The van der Waals surface area contributed by atoms with E-state index in [1.165, 1.54) is 12.1 Å². The molecular weight excluding hydrogens is 261 g/mol. The van der Waals surface area contributed by atoms with Gasteiger partial charge in [0, 0.05) is 5.56 Å². The molecule has 3 aromatic rings. The van der Waals surface area contributed by atoms with E-state index in [9.17, 15) is 13.2 Å². The van der Waals surface area contributed by atoms with Gasteiger partial charge in [0.15, 0.2) is 0 Å². The Balaban J connectivity index is 2.21. The van der Waals surface area contributed by atoms with Crippen LogP contribution in [0.3, 0.4) is 0 Å². The van der Waals surface area contributed by atoms with Crippen molar-refractivity contribution in [3.05, 3.63) is 72.3 Å². The molecular formula is C17H10F3. The molecule has 0 heterocycles. The van der Waals surface area contributed by atoms with Crippen LogP contribution in [0.15, 0.2) is 60.7 Å². The average molecular weight is 271 g/mol. The Bertz CT molecular complexity index is 757. The zero-order chi connectivity index (χ0) is 14.2. The van der Waals surface area contributed by atoms with E-state index in [1.807, 2.05) is 30.3 Å². The first-order valence-electron chi connectivity index (χ1n) is 6.13. The summed E-state index contributed by atoms with van der Waals surface area (Å²) in [6.45, 7) is 0. The largest absolute Gasteiger partial charge is 0.417 e. The van der Waals surface area contributed by atoms with Gasteiger partial charge >= 0.3 is 6.18 Å². The van der Waals surface area contributed by atoms with Crippen molar-refractivity contribution in [2.24, 2.45) is 0 Å². The van der Waals surface area contributed by atoms with E-state index in [1.54, 1.807) is 12.1 Å². The van der Waals surface area contributed by atoms with Crippen LogP contribution in [0.4, 0.5) is 13.2 Å². The van der Waals surface area contributed by atoms with Gasteiger partial charge in [-0.3, -0.25) is 0 Å². The summed E-state index contributed by atoms with van der Waals surface area (Å²) < 4.78 is 39.1. The number of hydrogen-bond donors (Lipinski definition) is 0. The van der Waals surface area contributed by atoms with E-state index in [2.05, 4.69) is 6.07 Å². The van der Waals surface area contributed by atoms with Crippen molar-refractivity contribution < 1.29 is 13.2 Å². The molecule has 0 aromatic heterocycles. The third-order valence-corrected chi connectivity index (χ3v) is 3.20. The van der Waals surface area contributed by atoms with E-state index in [-0.39, 0.29) is 5.56 Å². The fourth-order valence-electron chi connectivity index (χ4n) is 2.26. The SMILES string of the molecule is FC(F)(F)c1ccc[c]c1-c1ccc2ccccc2c1. The Hall–Kier alpha value is -2.29. The van der Waals surface area contributed by atoms with Gasteiger partial charge in [0.05, 0.1) is 5.56 Å². The predicted molar refractivity (Wildman–Crippen MR) is 73.2 cm³/mol. The van der Waals surface area contributed by atoms with Crippen molar-refractivity contribution in [1.82, 2.24) is 0 Å². The maximum atomic E-state index is 13.0. The quantitative estimate of drug-likeness (QED) is 0.561. The Labute approximate surface area is 114 Å². The van der Waals surface area contributed by atoms with E-state index in [0.717, 1.165) is 16.8 Å². The summed E-state index contributed by atoms with van der Waals surface area (Å²) in [6.07, 6.45) is -4.38. The maximum Gasteiger partial charge on any atom is 0.417 e. The molecule has 99 valence electrons. The standard InChI is InChI=1S/C17H10F3/c18-17(19,20)16-8-4-3-7-15(16)14-10-9-12-5-1-2-6-13(12)11-14/h1-6,8-11H. The minimum absolute atomic E-state index is 0.0887. The lowest BCUT2D eigenvalue weighted by molar-refractivity contribution is -0.137. The van der Waals surface area contributed by atoms with E-state index in [0.29, 0.717) is 5.56 Å². The number of halogens is 3. The minimum atomic E-state index is -4.38. The molecule has 0 atom stereocenters. The van der Waals surface area contributed by atoms with Crippen molar-refractivity contribution in [2.45, 2.75) is 6.18 Å². The third kappa shape index (κ3) is 2.27. The second-order valence-corrected chi connectivity index (χ2v) is 4.52. The van der Waals surface area contributed by atoms with Crippen molar-refractivity contribution >= 4 is 10.8 Å². The molecule has 0 saturated carbocycles. The number of rotatable bonds is 1. The van der Waals surface area contributed by atoms with Gasteiger partial charge in [0.1, 0.15) is 0 Å². The molecule has 3 rings (SSSR count). The summed E-state index contributed by atoms with van der Waals surface area (Å²) in [7, 11) is 0. The van der Waals surface area contributed by atoms with Gasteiger partial charge < -0.3 is 0 Å². The summed E-state index contributed by atoms with van der Waals surface area (Å²) in [5.74, 6) is 0. The molecule has 0 aliphatic rings. The van der Waals surface area contributed by atoms with Crippen LogP contribution in [0.1, 0.15) is 5.56 Å².